The highest BCUT2D eigenvalue weighted by molar-refractivity contribution is 5.59. The minimum absolute atomic E-state index is 0.171. The quantitative estimate of drug-likeness (QED) is 0.860. The highest BCUT2D eigenvalue weighted by Gasteiger charge is 2.60. The second kappa shape index (κ2) is 4.18. The molecule has 4 nitrogen and oxygen atoms in total. The molecule has 0 saturated carbocycles. The van der Waals surface area contributed by atoms with Crippen LogP contribution in [0.4, 0.5) is 22.0 Å². The molecule has 0 amide bonds. The molecule has 19 heavy (non-hydrogen) atoms. The van der Waals surface area contributed by atoms with Gasteiger partial charge in [-0.15, -0.1) is 5.10 Å². The summed E-state index contributed by atoms with van der Waals surface area (Å²) < 4.78 is 61.7. The summed E-state index contributed by atoms with van der Waals surface area (Å²) in [6.07, 6.45) is -5.31. The summed E-state index contributed by atoms with van der Waals surface area (Å²) in [5.74, 6) is -0.172. The Hall–Kier alpha value is -2.19. The lowest BCUT2D eigenvalue weighted by molar-refractivity contribution is -0.328. The summed E-state index contributed by atoms with van der Waals surface area (Å²) >= 11 is 0. The SMILES string of the molecule is Oc1cccc(-c2cn(C(F)(F)C(F)(F)F)nn2)c1. The molecule has 0 atom stereocenters. The van der Waals surface area contributed by atoms with Crippen molar-refractivity contribution < 1.29 is 27.1 Å². The van der Waals surface area contributed by atoms with E-state index in [0.29, 0.717) is 6.20 Å². The fourth-order valence-corrected chi connectivity index (χ4v) is 1.33. The molecule has 0 saturated heterocycles. The predicted octanol–water partition coefficient (Wildman–Crippen LogP) is 2.76. The topological polar surface area (TPSA) is 50.9 Å². The molecule has 1 N–H and O–H groups in total. The molecule has 1 aromatic heterocycles. The van der Waals surface area contributed by atoms with Gasteiger partial charge in [-0.05, 0) is 12.1 Å². The van der Waals surface area contributed by atoms with Crippen molar-refractivity contribution in [3.63, 3.8) is 0 Å². The zero-order valence-electron chi connectivity index (χ0n) is 9.07. The van der Waals surface area contributed by atoms with Crippen molar-refractivity contribution >= 4 is 0 Å². The number of phenolic OH excluding ortho intramolecular Hbond substituents is 1. The van der Waals surface area contributed by atoms with Crippen molar-refractivity contribution in [3.05, 3.63) is 30.5 Å². The van der Waals surface area contributed by atoms with Gasteiger partial charge >= 0.3 is 12.2 Å². The number of hydrogen-bond donors (Lipinski definition) is 1. The van der Waals surface area contributed by atoms with Crippen LogP contribution in [-0.4, -0.2) is 26.3 Å². The van der Waals surface area contributed by atoms with Gasteiger partial charge in [0.1, 0.15) is 11.4 Å². The Kier molecular flexibility index (Phi) is 2.91. The Morgan fingerprint density at radius 3 is 2.37 bits per heavy atom. The van der Waals surface area contributed by atoms with Gasteiger partial charge in [0, 0.05) is 5.56 Å². The van der Waals surface area contributed by atoms with E-state index in [9.17, 15) is 27.1 Å². The van der Waals surface area contributed by atoms with Gasteiger partial charge < -0.3 is 5.11 Å². The molecule has 0 aliphatic carbocycles. The molecule has 0 fully saturated rings. The van der Waals surface area contributed by atoms with E-state index < -0.39 is 16.9 Å². The van der Waals surface area contributed by atoms with Gasteiger partial charge in [-0.3, -0.25) is 0 Å². The lowest BCUT2D eigenvalue weighted by Crippen LogP contribution is -2.40. The maximum absolute atomic E-state index is 13.0. The molecule has 0 radical (unpaired) electrons. The maximum atomic E-state index is 13.0. The van der Waals surface area contributed by atoms with E-state index in [0.717, 1.165) is 0 Å². The monoisotopic (exact) mass is 279 g/mol. The fraction of sp³-hybridized carbons (Fsp3) is 0.200. The van der Waals surface area contributed by atoms with Crippen LogP contribution in [-0.2, 0) is 6.05 Å². The van der Waals surface area contributed by atoms with Crippen molar-refractivity contribution in [2.24, 2.45) is 0 Å². The predicted molar refractivity (Wildman–Crippen MR) is 53.4 cm³/mol. The molecule has 0 spiro atoms. The van der Waals surface area contributed by atoms with Crippen LogP contribution in [0, 0.1) is 0 Å². The molecule has 0 aliphatic rings. The number of aromatic hydroxyl groups is 1. The number of nitrogens with zero attached hydrogens (tertiary/aromatic N) is 3. The van der Waals surface area contributed by atoms with Gasteiger partial charge in [0.2, 0.25) is 0 Å². The van der Waals surface area contributed by atoms with Crippen molar-refractivity contribution in [1.82, 2.24) is 15.0 Å². The lowest BCUT2D eigenvalue weighted by atomic mass is 10.1. The zero-order chi connectivity index (χ0) is 14.3. The molecular weight excluding hydrogens is 273 g/mol. The first-order valence-electron chi connectivity index (χ1n) is 4.88. The number of benzene rings is 1. The van der Waals surface area contributed by atoms with Crippen molar-refractivity contribution in [2.75, 3.05) is 0 Å². The average Bonchev–Trinajstić information content (AvgIpc) is 2.77. The molecule has 102 valence electrons. The molecule has 9 heteroatoms. The standard InChI is InChI=1S/C10H6F5N3O/c11-9(12,13)10(14,15)18-5-8(16-17-18)6-2-1-3-7(19)4-6/h1-5,19H. The minimum Gasteiger partial charge on any atom is -0.508 e. The minimum atomic E-state index is -5.77. The number of halogens is 5. The first-order valence-corrected chi connectivity index (χ1v) is 4.88. The zero-order valence-corrected chi connectivity index (χ0v) is 9.07. The number of phenols is 1. The Balaban J connectivity index is 2.40. The second-order valence-electron chi connectivity index (χ2n) is 3.64. The summed E-state index contributed by atoms with van der Waals surface area (Å²) in [7, 11) is 0. The highest BCUT2D eigenvalue weighted by atomic mass is 19.4. The third-order valence-corrected chi connectivity index (χ3v) is 2.26. The fourth-order valence-electron chi connectivity index (χ4n) is 1.33. The Morgan fingerprint density at radius 1 is 1.11 bits per heavy atom. The van der Waals surface area contributed by atoms with Crippen LogP contribution in [0.1, 0.15) is 0 Å². The van der Waals surface area contributed by atoms with Crippen molar-refractivity contribution in [3.8, 4) is 17.0 Å². The molecule has 1 aromatic carbocycles. The molecule has 0 bridgehead atoms. The Labute approximate surface area is 103 Å². The second-order valence-corrected chi connectivity index (χ2v) is 3.64. The lowest BCUT2D eigenvalue weighted by Gasteiger charge is -2.18. The van der Waals surface area contributed by atoms with Crippen LogP contribution >= 0.6 is 0 Å². The molecule has 0 unspecified atom stereocenters. The van der Waals surface area contributed by atoms with Crippen LogP contribution in [0.2, 0.25) is 0 Å². The number of hydrogen-bond acceptors (Lipinski definition) is 3. The summed E-state index contributed by atoms with van der Waals surface area (Å²) in [5.41, 5.74) is -0.0379. The highest BCUT2D eigenvalue weighted by Crippen LogP contribution is 2.39. The molecule has 1 heterocycles. The summed E-state index contributed by atoms with van der Waals surface area (Å²) in [4.78, 5) is 0. The van der Waals surface area contributed by atoms with E-state index in [1.165, 1.54) is 24.3 Å². The summed E-state index contributed by atoms with van der Waals surface area (Å²) in [6, 6.07) is 0.124. The average molecular weight is 279 g/mol. The maximum Gasteiger partial charge on any atom is 0.477 e. The first-order chi connectivity index (χ1) is 8.72. The molecule has 0 aliphatic heterocycles. The van der Waals surface area contributed by atoms with Crippen LogP contribution in [0.25, 0.3) is 11.3 Å². The van der Waals surface area contributed by atoms with Crippen LogP contribution in [0.3, 0.4) is 0 Å². The smallest absolute Gasteiger partial charge is 0.477 e. The van der Waals surface area contributed by atoms with Gasteiger partial charge in [0.15, 0.2) is 0 Å². The van der Waals surface area contributed by atoms with Gasteiger partial charge in [-0.2, -0.15) is 26.6 Å². The van der Waals surface area contributed by atoms with Gasteiger partial charge in [-0.25, -0.2) is 0 Å². The summed E-state index contributed by atoms with van der Waals surface area (Å²) in [5, 5.41) is 15.2. The van der Waals surface area contributed by atoms with E-state index in [1.807, 2.05) is 0 Å². The summed E-state index contributed by atoms with van der Waals surface area (Å²) in [6.45, 7) is 0. The molecule has 2 rings (SSSR count). The third-order valence-electron chi connectivity index (χ3n) is 2.26. The third kappa shape index (κ3) is 2.35. The van der Waals surface area contributed by atoms with Crippen molar-refractivity contribution in [2.45, 2.75) is 12.2 Å². The van der Waals surface area contributed by atoms with E-state index >= 15 is 0 Å². The van der Waals surface area contributed by atoms with Gasteiger partial charge in [0.25, 0.3) is 0 Å². The van der Waals surface area contributed by atoms with E-state index in [1.54, 1.807) is 0 Å². The van der Waals surface area contributed by atoms with Crippen LogP contribution in [0.15, 0.2) is 30.5 Å². The number of rotatable bonds is 2. The van der Waals surface area contributed by atoms with Crippen LogP contribution < -0.4 is 0 Å². The van der Waals surface area contributed by atoms with E-state index in [4.69, 9.17) is 0 Å². The Morgan fingerprint density at radius 2 is 1.79 bits per heavy atom. The van der Waals surface area contributed by atoms with Crippen LogP contribution in [0.5, 0.6) is 5.75 Å². The normalized spacial score (nSPS) is 12.7. The largest absolute Gasteiger partial charge is 0.508 e. The molecular formula is C10H6F5N3O. The number of alkyl halides is 5. The van der Waals surface area contributed by atoms with Gasteiger partial charge in [-0.1, -0.05) is 17.3 Å². The Bertz CT molecular complexity index is 593. The molecule has 2 aromatic rings. The van der Waals surface area contributed by atoms with Gasteiger partial charge in [0.05, 0.1) is 6.20 Å². The van der Waals surface area contributed by atoms with E-state index in [-0.39, 0.29) is 17.0 Å². The first kappa shape index (κ1) is 13.2. The van der Waals surface area contributed by atoms with E-state index in [2.05, 4.69) is 10.3 Å². The number of aromatic nitrogens is 3. The van der Waals surface area contributed by atoms with Crippen molar-refractivity contribution in [1.29, 1.82) is 0 Å².